The Morgan fingerprint density at radius 3 is 2.39 bits per heavy atom. The number of rotatable bonds is 5. The SMILES string of the molecule is Cc1ccc(CNS(=O)(=O)c2ccc(-c3coc(C)n3)cc2)o1. The van der Waals surface area contributed by atoms with Crippen LogP contribution in [0.5, 0.6) is 0 Å². The fraction of sp³-hybridized carbons (Fsp3) is 0.188. The van der Waals surface area contributed by atoms with Gasteiger partial charge in [-0.1, -0.05) is 12.1 Å². The van der Waals surface area contributed by atoms with Crippen molar-refractivity contribution in [2.45, 2.75) is 25.3 Å². The number of aromatic nitrogens is 1. The molecule has 0 aliphatic carbocycles. The second-order valence-corrected chi connectivity index (χ2v) is 6.88. The normalized spacial score (nSPS) is 11.7. The molecule has 0 aliphatic heterocycles. The molecule has 0 radical (unpaired) electrons. The van der Waals surface area contributed by atoms with Crippen molar-refractivity contribution in [3.63, 3.8) is 0 Å². The molecule has 0 unspecified atom stereocenters. The molecule has 120 valence electrons. The molecule has 3 aromatic rings. The fourth-order valence-electron chi connectivity index (χ4n) is 2.13. The number of furan rings is 1. The molecule has 0 saturated carbocycles. The molecule has 0 atom stereocenters. The van der Waals surface area contributed by atoms with Crippen LogP contribution in [0.4, 0.5) is 0 Å². The summed E-state index contributed by atoms with van der Waals surface area (Å²) in [7, 11) is -3.60. The molecule has 7 heteroatoms. The number of nitrogens with one attached hydrogen (secondary N) is 1. The van der Waals surface area contributed by atoms with Gasteiger partial charge in [0, 0.05) is 12.5 Å². The summed E-state index contributed by atoms with van der Waals surface area (Å²) in [6.07, 6.45) is 1.54. The highest BCUT2D eigenvalue weighted by Gasteiger charge is 2.15. The molecule has 1 N–H and O–H groups in total. The van der Waals surface area contributed by atoms with E-state index in [2.05, 4.69) is 9.71 Å². The van der Waals surface area contributed by atoms with Crippen LogP contribution in [0, 0.1) is 13.8 Å². The van der Waals surface area contributed by atoms with Gasteiger partial charge in [0.05, 0.1) is 11.4 Å². The molecule has 3 rings (SSSR count). The maximum Gasteiger partial charge on any atom is 0.240 e. The number of oxazole rings is 1. The Morgan fingerprint density at radius 1 is 1.09 bits per heavy atom. The summed E-state index contributed by atoms with van der Waals surface area (Å²) < 4.78 is 37.6. The predicted octanol–water partition coefficient (Wildman–Crippen LogP) is 3.03. The molecule has 0 aliphatic rings. The van der Waals surface area contributed by atoms with Gasteiger partial charge in [-0.2, -0.15) is 0 Å². The molecule has 1 aromatic carbocycles. The van der Waals surface area contributed by atoms with E-state index in [-0.39, 0.29) is 11.4 Å². The molecule has 0 spiro atoms. The first-order valence-electron chi connectivity index (χ1n) is 7.01. The zero-order chi connectivity index (χ0) is 16.4. The van der Waals surface area contributed by atoms with Crippen molar-refractivity contribution in [3.8, 4) is 11.3 Å². The lowest BCUT2D eigenvalue weighted by atomic mass is 10.2. The molecule has 2 heterocycles. The van der Waals surface area contributed by atoms with Crippen molar-refractivity contribution in [3.05, 3.63) is 60.1 Å². The minimum Gasteiger partial charge on any atom is -0.465 e. The Balaban J connectivity index is 1.75. The predicted molar refractivity (Wildman–Crippen MR) is 84.1 cm³/mol. The van der Waals surface area contributed by atoms with Gasteiger partial charge in [0.15, 0.2) is 5.89 Å². The Labute approximate surface area is 134 Å². The van der Waals surface area contributed by atoms with E-state index in [1.165, 1.54) is 18.4 Å². The first kappa shape index (κ1) is 15.5. The van der Waals surface area contributed by atoms with Gasteiger partial charge in [-0.3, -0.25) is 0 Å². The third-order valence-electron chi connectivity index (χ3n) is 3.31. The van der Waals surface area contributed by atoms with E-state index in [0.717, 1.165) is 11.3 Å². The van der Waals surface area contributed by atoms with Crippen molar-refractivity contribution in [1.29, 1.82) is 0 Å². The quantitative estimate of drug-likeness (QED) is 0.776. The first-order chi connectivity index (χ1) is 10.9. The van der Waals surface area contributed by atoms with E-state index in [1.54, 1.807) is 31.2 Å². The smallest absolute Gasteiger partial charge is 0.240 e. The van der Waals surface area contributed by atoms with E-state index in [1.807, 2.05) is 6.92 Å². The highest BCUT2D eigenvalue weighted by Crippen LogP contribution is 2.20. The number of hydrogen-bond donors (Lipinski definition) is 1. The van der Waals surface area contributed by atoms with Gasteiger partial charge in [0.1, 0.15) is 23.5 Å². The summed E-state index contributed by atoms with van der Waals surface area (Å²) in [5.41, 5.74) is 1.47. The van der Waals surface area contributed by atoms with Crippen LogP contribution in [0.15, 0.2) is 56.4 Å². The van der Waals surface area contributed by atoms with Gasteiger partial charge in [0.2, 0.25) is 10.0 Å². The molecular weight excluding hydrogens is 316 g/mol. The second-order valence-electron chi connectivity index (χ2n) is 5.11. The van der Waals surface area contributed by atoms with Crippen molar-refractivity contribution < 1.29 is 17.3 Å². The zero-order valence-corrected chi connectivity index (χ0v) is 13.6. The Bertz CT molecular complexity index is 908. The summed E-state index contributed by atoms with van der Waals surface area (Å²) in [6.45, 7) is 3.67. The Kier molecular flexibility index (Phi) is 4.06. The maximum atomic E-state index is 12.3. The number of hydrogen-bond acceptors (Lipinski definition) is 5. The standard InChI is InChI=1S/C16H16N2O4S/c1-11-3-6-14(22-11)9-17-23(19,20)15-7-4-13(5-8-15)16-10-21-12(2)18-16/h3-8,10,17H,9H2,1-2H3. The molecule has 0 bridgehead atoms. The van der Waals surface area contributed by atoms with E-state index in [4.69, 9.17) is 8.83 Å². The van der Waals surface area contributed by atoms with Crippen LogP contribution in [0.1, 0.15) is 17.4 Å². The third kappa shape index (κ3) is 3.52. The van der Waals surface area contributed by atoms with Crippen LogP contribution in [0.25, 0.3) is 11.3 Å². The van der Waals surface area contributed by atoms with Gasteiger partial charge in [-0.05, 0) is 31.2 Å². The second kappa shape index (κ2) is 6.02. The molecule has 0 amide bonds. The number of benzene rings is 1. The highest BCUT2D eigenvalue weighted by atomic mass is 32.2. The minimum atomic E-state index is -3.60. The molecule has 0 fully saturated rings. The monoisotopic (exact) mass is 332 g/mol. The maximum absolute atomic E-state index is 12.3. The third-order valence-corrected chi connectivity index (χ3v) is 4.73. The van der Waals surface area contributed by atoms with Crippen molar-refractivity contribution in [1.82, 2.24) is 9.71 Å². The summed E-state index contributed by atoms with van der Waals surface area (Å²) in [4.78, 5) is 4.39. The van der Waals surface area contributed by atoms with E-state index >= 15 is 0 Å². The topological polar surface area (TPSA) is 85.3 Å². The fourth-order valence-corrected chi connectivity index (χ4v) is 3.12. The zero-order valence-electron chi connectivity index (χ0n) is 12.7. The van der Waals surface area contributed by atoms with Crippen molar-refractivity contribution in [2.24, 2.45) is 0 Å². The number of sulfonamides is 1. The van der Waals surface area contributed by atoms with Gasteiger partial charge < -0.3 is 8.83 Å². The van der Waals surface area contributed by atoms with Crippen LogP contribution in [-0.2, 0) is 16.6 Å². The first-order valence-corrected chi connectivity index (χ1v) is 8.50. The summed E-state index contributed by atoms with van der Waals surface area (Å²) in [5, 5.41) is 0. The average molecular weight is 332 g/mol. The van der Waals surface area contributed by atoms with Gasteiger partial charge >= 0.3 is 0 Å². The summed E-state index contributed by atoms with van der Waals surface area (Å²) in [5.74, 6) is 1.87. The number of nitrogens with zero attached hydrogens (tertiary/aromatic N) is 1. The van der Waals surface area contributed by atoms with Crippen LogP contribution in [0.2, 0.25) is 0 Å². The molecule has 0 saturated heterocycles. The van der Waals surface area contributed by atoms with Gasteiger partial charge in [-0.15, -0.1) is 0 Å². The lowest BCUT2D eigenvalue weighted by Gasteiger charge is -2.06. The molecule has 2 aromatic heterocycles. The largest absolute Gasteiger partial charge is 0.465 e. The summed E-state index contributed by atoms with van der Waals surface area (Å²) in [6, 6.07) is 10.0. The number of aryl methyl sites for hydroxylation is 2. The van der Waals surface area contributed by atoms with Crippen LogP contribution in [-0.4, -0.2) is 13.4 Å². The molecule has 6 nitrogen and oxygen atoms in total. The Morgan fingerprint density at radius 2 is 1.83 bits per heavy atom. The van der Waals surface area contributed by atoms with Crippen LogP contribution >= 0.6 is 0 Å². The molecular formula is C16H16N2O4S. The van der Waals surface area contributed by atoms with Crippen molar-refractivity contribution in [2.75, 3.05) is 0 Å². The van der Waals surface area contributed by atoms with E-state index in [0.29, 0.717) is 17.3 Å². The lowest BCUT2D eigenvalue weighted by molar-refractivity contribution is 0.475. The van der Waals surface area contributed by atoms with Crippen molar-refractivity contribution >= 4 is 10.0 Å². The van der Waals surface area contributed by atoms with E-state index < -0.39 is 10.0 Å². The van der Waals surface area contributed by atoms with Gasteiger partial charge in [-0.25, -0.2) is 18.1 Å². The lowest BCUT2D eigenvalue weighted by Crippen LogP contribution is -2.22. The van der Waals surface area contributed by atoms with Crippen LogP contribution < -0.4 is 4.72 Å². The minimum absolute atomic E-state index is 0.112. The van der Waals surface area contributed by atoms with Gasteiger partial charge in [0.25, 0.3) is 0 Å². The van der Waals surface area contributed by atoms with Crippen LogP contribution in [0.3, 0.4) is 0 Å². The Hall–Kier alpha value is -2.38. The molecule has 23 heavy (non-hydrogen) atoms. The van der Waals surface area contributed by atoms with E-state index in [9.17, 15) is 8.42 Å². The average Bonchev–Trinajstić information content (AvgIpc) is 3.14. The summed E-state index contributed by atoms with van der Waals surface area (Å²) >= 11 is 0. The highest BCUT2D eigenvalue weighted by molar-refractivity contribution is 7.89.